The summed E-state index contributed by atoms with van der Waals surface area (Å²) in [7, 11) is 0. The van der Waals surface area contributed by atoms with Gasteiger partial charge in [0.1, 0.15) is 0 Å². The molecule has 0 radical (unpaired) electrons. The van der Waals surface area contributed by atoms with Crippen molar-refractivity contribution in [3.63, 3.8) is 0 Å². The van der Waals surface area contributed by atoms with E-state index in [2.05, 4.69) is 27.1 Å². The molecular weight excluding hydrogens is 244 g/mol. The van der Waals surface area contributed by atoms with Crippen LogP contribution >= 0.6 is 0 Å². The van der Waals surface area contributed by atoms with Gasteiger partial charge in [-0.05, 0) is 39.8 Å². The monoisotopic (exact) mass is 264 g/mol. The highest BCUT2D eigenvalue weighted by atomic mass is 16.4. The van der Waals surface area contributed by atoms with Gasteiger partial charge in [-0.25, -0.2) is 14.8 Å². The predicted octanol–water partition coefficient (Wildman–Crippen LogP) is 1.38. The second kappa shape index (κ2) is 5.97. The molecule has 1 saturated heterocycles. The topological polar surface area (TPSA) is 78.4 Å². The van der Waals surface area contributed by atoms with Gasteiger partial charge in [-0.1, -0.05) is 0 Å². The second-order valence-electron chi connectivity index (χ2n) is 4.97. The highest BCUT2D eigenvalue weighted by molar-refractivity contribution is 5.88. The maximum absolute atomic E-state index is 10.9. The van der Waals surface area contributed by atoms with Crippen molar-refractivity contribution in [2.75, 3.05) is 25.0 Å². The zero-order chi connectivity index (χ0) is 13.8. The van der Waals surface area contributed by atoms with Crippen LogP contribution in [0.2, 0.25) is 0 Å². The average Bonchev–Trinajstić information content (AvgIpc) is 2.89. The quantitative estimate of drug-likeness (QED) is 0.836. The third-order valence-electron chi connectivity index (χ3n) is 3.53. The molecule has 19 heavy (non-hydrogen) atoms. The molecule has 0 spiro atoms. The van der Waals surface area contributed by atoms with Gasteiger partial charge in [0.25, 0.3) is 0 Å². The van der Waals surface area contributed by atoms with E-state index in [1.165, 1.54) is 19.0 Å². The van der Waals surface area contributed by atoms with Gasteiger partial charge >= 0.3 is 5.97 Å². The van der Waals surface area contributed by atoms with Gasteiger partial charge in [-0.3, -0.25) is 4.90 Å². The Balaban J connectivity index is 1.92. The summed E-state index contributed by atoms with van der Waals surface area (Å²) >= 11 is 0. The maximum Gasteiger partial charge on any atom is 0.339 e. The standard InChI is InChI=1S/C13H20N4O2/c1-9(17-5-3-4-6-17)7-14-13-15-8-11(12(18)19)10(2)16-13/h8-9H,3-7H2,1-2H3,(H,18,19)(H,14,15,16). The van der Waals surface area contributed by atoms with Gasteiger partial charge < -0.3 is 10.4 Å². The van der Waals surface area contributed by atoms with Crippen molar-refractivity contribution in [1.29, 1.82) is 0 Å². The number of anilines is 1. The SMILES string of the molecule is Cc1nc(NCC(C)N2CCCC2)ncc1C(=O)O. The minimum atomic E-state index is -0.991. The molecule has 1 aliphatic heterocycles. The van der Waals surface area contributed by atoms with E-state index in [1.54, 1.807) is 6.92 Å². The Bertz CT molecular complexity index is 458. The molecule has 104 valence electrons. The number of likely N-dealkylation sites (tertiary alicyclic amines) is 1. The fourth-order valence-corrected chi connectivity index (χ4v) is 2.31. The lowest BCUT2D eigenvalue weighted by atomic mass is 10.2. The summed E-state index contributed by atoms with van der Waals surface area (Å²) in [5.74, 6) is -0.497. The number of aromatic carboxylic acids is 1. The Morgan fingerprint density at radius 3 is 2.79 bits per heavy atom. The fourth-order valence-electron chi connectivity index (χ4n) is 2.31. The number of rotatable bonds is 5. The number of nitrogens with zero attached hydrogens (tertiary/aromatic N) is 3. The van der Waals surface area contributed by atoms with Crippen LogP contribution in [-0.4, -0.2) is 51.6 Å². The van der Waals surface area contributed by atoms with Gasteiger partial charge in [0.2, 0.25) is 5.95 Å². The van der Waals surface area contributed by atoms with Crippen molar-refractivity contribution >= 4 is 11.9 Å². The minimum Gasteiger partial charge on any atom is -0.478 e. The first-order chi connectivity index (χ1) is 9.08. The number of aryl methyl sites for hydroxylation is 1. The van der Waals surface area contributed by atoms with E-state index in [0.717, 1.165) is 19.6 Å². The number of nitrogens with one attached hydrogen (secondary N) is 1. The lowest BCUT2D eigenvalue weighted by Crippen LogP contribution is -2.35. The van der Waals surface area contributed by atoms with E-state index >= 15 is 0 Å². The van der Waals surface area contributed by atoms with E-state index in [4.69, 9.17) is 5.11 Å². The smallest absolute Gasteiger partial charge is 0.339 e. The van der Waals surface area contributed by atoms with E-state index in [1.807, 2.05) is 0 Å². The Kier molecular flexibility index (Phi) is 4.31. The molecule has 0 saturated carbocycles. The first-order valence-corrected chi connectivity index (χ1v) is 6.63. The molecule has 0 aromatic carbocycles. The van der Waals surface area contributed by atoms with Crippen molar-refractivity contribution in [2.45, 2.75) is 32.7 Å². The predicted molar refractivity (Wildman–Crippen MR) is 72.5 cm³/mol. The van der Waals surface area contributed by atoms with E-state index < -0.39 is 5.97 Å². The van der Waals surface area contributed by atoms with Crippen LogP contribution in [0.15, 0.2) is 6.20 Å². The number of carbonyl (C=O) groups is 1. The molecule has 1 aliphatic rings. The molecule has 1 atom stereocenters. The molecule has 1 aromatic heterocycles. The molecule has 1 unspecified atom stereocenters. The lowest BCUT2D eigenvalue weighted by molar-refractivity contribution is 0.0695. The van der Waals surface area contributed by atoms with Gasteiger partial charge in [0.05, 0.1) is 11.3 Å². The van der Waals surface area contributed by atoms with Crippen molar-refractivity contribution in [3.05, 3.63) is 17.5 Å². The lowest BCUT2D eigenvalue weighted by Gasteiger charge is -2.23. The van der Waals surface area contributed by atoms with Crippen LogP contribution < -0.4 is 5.32 Å². The molecule has 0 aliphatic carbocycles. The summed E-state index contributed by atoms with van der Waals surface area (Å²) in [4.78, 5) is 21.5. The van der Waals surface area contributed by atoms with Crippen LogP contribution in [0.4, 0.5) is 5.95 Å². The molecule has 1 aromatic rings. The molecule has 1 fully saturated rings. The number of aromatic nitrogens is 2. The van der Waals surface area contributed by atoms with Crippen LogP contribution in [0.1, 0.15) is 35.8 Å². The Hall–Kier alpha value is -1.69. The molecular formula is C13H20N4O2. The Morgan fingerprint density at radius 2 is 2.21 bits per heavy atom. The molecule has 2 rings (SSSR count). The zero-order valence-corrected chi connectivity index (χ0v) is 11.4. The highest BCUT2D eigenvalue weighted by Crippen LogP contribution is 2.12. The summed E-state index contributed by atoms with van der Waals surface area (Å²) in [5.41, 5.74) is 0.636. The van der Waals surface area contributed by atoms with Gasteiger partial charge in [-0.2, -0.15) is 0 Å². The van der Waals surface area contributed by atoms with Crippen LogP contribution in [-0.2, 0) is 0 Å². The largest absolute Gasteiger partial charge is 0.478 e. The van der Waals surface area contributed by atoms with Crippen LogP contribution in [0.25, 0.3) is 0 Å². The van der Waals surface area contributed by atoms with E-state index in [9.17, 15) is 4.79 Å². The minimum absolute atomic E-state index is 0.151. The average molecular weight is 264 g/mol. The Morgan fingerprint density at radius 1 is 1.53 bits per heavy atom. The zero-order valence-electron chi connectivity index (χ0n) is 11.4. The number of carboxylic acids is 1. The molecule has 0 amide bonds. The van der Waals surface area contributed by atoms with Gasteiger partial charge in [0, 0.05) is 18.8 Å². The molecule has 6 heteroatoms. The van der Waals surface area contributed by atoms with Gasteiger partial charge in [0.15, 0.2) is 0 Å². The maximum atomic E-state index is 10.9. The normalized spacial score (nSPS) is 17.4. The van der Waals surface area contributed by atoms with Gasteiger partial charge in [-0.15, -0.1) is 0 Å². The third-order valence-corrected chi connectivity index (χ3v) is 3.53. The number of carboxylic acid groups (broad SMARTS) is 1. The van der Waals surface area contributed by atoms with Crippen LogP contribution in [0.5, 0.6) is 0 Å². The van der Waals surface area contributed by atoms with E-state index in [-0.39, 0.29) is 5.56 Å². The first kappa shape index (κ1) is 13.7. The highest BCUT2D eigenvalue weighted by Gasteiger charge is 2.18. The molecule has 2 heterocycles. The number of hydrogen-bond donors (Lipinski definition) is 2. The van der Waals surface area contributed by atoms with Crippen molar-refractivity contribution in [1.82, 2.24) is 14.9 Å². The third kappa shape index (κ3) is 3.41. The van der Waals surface area contributed by atoms with Crippen molar-refractivity contribution in [2.24, 2.45) is 0 Å². The summed E-state index contributed by atoms with van der Waals surface area (Å²) in [6.07, 6.45) is 3.90. The molecule has 2 N–H and O–H groups in total. The van der Waals surface area contributed by atoms with Crippen molar-refractivity contribution < 1.29 is 9.90 Å². The fraction of sp³-hybridized carbons (Fsp3) is 0.615. The summed E-state index contributed by atoms with van der Waals surface area (Å²) in [5, 5.41) is 12.1. The van der Waals surface area contributed by atoms with Crippen molar-refractivity contribution in [3.8, 4) is 0 Å². The summed E-state index contributed by atoms with van der Waals surface area (Å²) < 4.78 is 0. The van der Waals surface area contributed by atoms with Crippen LogP contribution in [0, 0.1) is 6.92 Å². The molecule has 6 nitrogen and oxygen atoms in total. The summed E-state index contributed by atoms with van der Waals surface area (Å²) in [6, 6.07) is 0.436. The van der Waals surface area contributed by atoms with E-state index in [0.29, 0.717) is 17.7 Å². The summed E-state index contributed by atoms with van der Waals surface area (Å²) in [6.45, 7) is 6.93. The second-order valence-corrected chi connectivity index (χ2v) is 4.97. The Labute approximate surface area is 112 Å². The van der Waals surface area contributed by atoms with Crippen LogP contribution in [0.3, 0.4) is 0 Å². The first-order valence-electron chi connectivity index (χ1n) is 6.63. The number of hydrogen-bond acceptors (Lipinski definition) is 5. The molecule has 0 bridgehead atoms.